The molecule has 1 saturated heterocycles. The van der Waals surface area contributed by atoms with Gasteiger partial charge in [-0.05, 0) is 18.8 Å². The Morgan fingerprint density at radius 1 is 1.20 bits per heavy atom. The molecule has 1 heterocycles. The van der Waals surface area contributed by atoms with Gasteiger partial charge >= 0.3 is 0 Å². The van der Waals surface area contributed by atoms with E-state index in [0.717, 1.165) is 25.6 Å². The largest absolute Gasteiger partial charge is 0.299 e. The highest BCUT2D eigenvalue weighted by molar-refractivity contribution is 4.63. The molecule has 2 nitrogen and oxygen atoms in total. The summed E-state index contributed by atoms with van der Waals surface area (Å²) < 4.78 is 0. The number of nitrogens with zero attached hydrogens (tertiary/aromatic N) is 1. The first-order valence-electron chi connectivity index (χ1n) is 6.74. The highest BCUT2D eigenvalue weighted by atomic mass is 16.7. The molecule has 0 bridgehead atoms. The van der Waals surface area contributed by atoms with Crippen molar-refractivity contribution in [1.29, 1.82) is 0 Å². The normalized spacial score (nSPS) is 19.6. The van der Waals surface area contributed by atoms with E-state index in [1.54, 1.807) is 0 Å². The fourth-order valence-corrected chi connectivity index (χ4v) is 2.22. The Balaban J connectivity index is 2.06. The minimum Gasteiger partial charge on any atom is -0.299 e. The summed E-state index contributed by atoms with van der Waals surface area (Å²) in [7, 11) is 0. The Morgan fingerprint density at radius 2 is 2.07 bits per heavy atom. The molecule has 0 saturated carbocycles. The molecule has 1 aliphatic rings. The SMILES string of the molecule is CCCCCCC(CC)CN1CCCO1. The van der Waals surface area contributed by atoms with Gasteiger partial charge < -0.3 is 0 Å². The van der Waals surface area contributed by atoms with Crippen molar-refractivity contribution in [3.05, 3.63) is 0 Å². The van der Waals surface area contributed by atoms with Crippen LogP contribution in [0, 0.1) is 5.92 Å². The Bertz CT molecular complexity index is 143. The molecule has 1 fully saturated rings. The van der Waals surface area contributed by atoms with Crippen molar-refractivity contribution in [2.45, 2.75) is 58.8 Å². The summed E-state index contributed by atoms with van der Waals surface area (Å²) in [5.74, 6) is 0.847. The van der Waals surface area contributed by atoms with Gasteiger partial charge in [0.05, 0.1) is 6.61 Å². The van der Waals surface area contributed by atoms with E-state index in [2.05, 4.69) is 18.9 Å². The van der Waals surface area contributed by atoms with Crippen molar-refractivity contribution < 1.29 is 4.84 Å². The summed E-state index contributed by atoms with van der Waals surface area (Å²) in [5, 5.41) is 2.17. The van der Waals surface area contributed by atoms with Crippen LogP contribution >= 0.6 is 0 Å². The maximum absolute atomic E-state index is 5.55. The summed E-state index contributed by atoms with van der Waals surface area (Å²) in [6.45, 7) is 7.82. The predicted molar refractivity (Wildman–Crippen MR) is 64.7 cm³/mol. The van der Waals surface area contributed by atoms with Crippen molar-refractivity contribution >= 4 is 0 Å². The summed E-state index contributed by atoms with van der Waals surface area (Å²) in [5.41, 5.74) is 0. The first-order chi connectivity index (χ1) is 7.36. The second-order valence-electron chi connectivity index (χ2n) is 4.70. The summed E-state index contributed by atoms with van der Waals surface area (Å²) in [4.78, 5) is 5.55. The quantitative estimate of drug-likeness (QED) is 0.571. The molecule has 1 atom stereocenters. The van der Waals surface area contributed by atoms with Crippen LogP contribution in [0.15, 0.2) is 0 Å². The minimum absolute atomic E-state index is 0.847. The van der Waals surface area contributed by atoms with Gasteiger partial charge in [0.15, 0.2) is 0 Å². The third-order valence-corrected chi connectivity index (χ3v) is 3.33. The standard InChI is InChI=1S/C13H27NO/c1-3-5-6-7-9-13(4-2)12-14-10-8-11-15-14/h13H,3-12H2,1-2H3. The molecule has 2 heteroatoms. The van der Waals surface area contributed by atoms with E-state index in [1.165, 1.54) is 44.9 Å². The summed E-state index contributed by atoms with van der Waals surface area (Å²) in [6.07, 6.45) is 9.45. The van der Waals surface area contributed by atoms with E-state index < -0.39 is 0 Å². The lowest BCUT2D eigenvalue weighted by molar-refractivity contribution is -0.119. The Hall–Kier alpha value is -0.0800. The van der Waals surface area contributed by atoms with Crippen LogP contribution in [0.5, 0.6) is 0 Å². The van der Waals surface area contributed by atoms with Gasteiger partial charge in [-0.3, -0.25) is 4.84 Å². The fourth-order valence-electron chi connectivity index (χ4n) is 2.22. The number of rotatable bonds is 8. The highest BCUT2D eigenvalue weighted by Gasteiger charge is 2.16. The molecule has 1 rings (SSSR count). The van der Waals surface area contributed by atoms with E-state index in [1.807, 2.05) is 0 Å². The van der Waals surface area contributed by atoms with Gasteiger partial charge in [-0.2, -0.15) is 5.06 Å². The molecule has 0 aromatic heterocycles. The van der Waals surface area contributed by atoms with Gasteiger partial charge in [0.2, 0.25) is 0 Å². The van der Waals surface area contributed by atoms with E-state index in [0.29, 0.717) is 0 Å². The van der Waals surface area contributed by atoms with Crippen molar-refractivity contribution in [3.63, 3.8) is 0 Å². The maximum atomic E-state index is 5.55. The van der Waals surface area contributed by atoms with E-state index >= 15 is 0 Å². The molecule has 0 radical (unpaired) electrons. The van der Waals surface area contributed by atoms with Gasteiger partial charge in [0.1, 0.15) is 0 Å². The number of unbranched alkanes of at least 4 members (excludes halogenated alkanes) is 3. The Morgan fingerprint density at radius 3 is 2.67 bits per heavy atom. The molecule has 0 aliphatic carbocycles. The zero-order valence-corrected chi connectivity index (χ0v) is 10.5. The van der Waals surface area contributed by atoms with Gasteiger partial charge in [-0.25, -0.2) is 0 Å². The predicted octanol–water partition coefficient (Wildman–Crippen LogP) is 3.62. The zero-order valence-electron chi connectivity index (χ0n) is 10.5. The van der Waals surface area contributed by atoms with Crippen molar-refractivity contribution in [2.75, 3.05) is 19.7 Å². The van der Waals surface area contributed by atoms with Gasteiger partial charge in [-0.1, -0.05) is 46.0 Å². The topological polar surface area (TPSA) is 12.5 Å². The van der Waals surface area contributed by atoms with Crippen molar-refractivity contribution in [1.82, 2.24) is 5.06 Å². The first-order valence-corrected chi connectivity index (χ1v) is 6.74. The summed E-state index contributed by atoms with van der Waals surface area (Å²) >= 11 is 0. The molecule has 0 spiro atoms. The third-order valence-electron chi connectivity index (χ3n) is 3.33. The lowest BCUT2D eigenvalue weighted by Gasteiger charge is -2.21. The minimum atomic E-state index is 0.847. The average molecular weight is 213 g/mol. The van der Waals surface area contributed by atoms with Gasteiger partial charge in [0, 0.05) is 13.1 Å². The fraction of sp³-hybridized carbons (Fsp3) is 1.00. The molecule has 90 valence electrons. The number of hydrogen-bond donors (Lipinski definition) is 0. The number of hydrogen-bond acceptors (Lipinski definition) is 2. The second kappa shape index (κ2) is 8.12. The zero-order chi connectivity index (χ0) is 10.9. The van der Waals surface area contributed by atoms with E-state index in [9.17, 15) is 0 Å². The van der Waals surface area contributed by atoms with Gasteiger partial charge in [-0.15, -0.1) is 0 Å². The molecule has 0 aromatic rings. The van der Waals surface area contributed by atoms with Crippen LogP contribution in [0.3, 0.4) is 0 Å². The second-order valence-corrected chi connectivity index (χ2v) is 4.70. The lowest BCUT2D eigenvalue weighted by Crippen LogP contribution is -2.25. The summed E-state index contributed by atoms with van der Waals surface area (Å²) in [6, 6.07) is 0. The monoisotopic (exact) mass is 213 g/mol. The number of hydroxylamine groups is 2. The molecular weight excluding hydrogens is 186 g/mol. The molecule has 0 aromatic carbocycles. The third kappa shape index (κ3) is 5.53. The molecule has 1 unspecified atom stereocenters. The maximum Gasteiger partial charge on any atom is 0.0698 e. The average Bonchev–Trinajstić information content (AvgIpc) is 2.75. The molecule has 1 aliphatic heterocycles. The molecule has 15 heavy (non-hydrogen) atoms. The van der Waals surface area contributed by atoms with Crippen LogP contribution < -0.4 is 0 Å². The van der Waals surface area contributed by atoms with Crippen LogP contribution in [0.2, 0.25) is 0 Å². The Labute approximate surface area is 94.9 Å². The van der Waals surface area contributed by atoms with E-state index in [4.69, 9.17) is 4.84 Å². The van der Waals surface area contributed by atoms with Crippen LogP contribution in [0.4, 0.5) is 0 Å². The van der Waals surface area contributed by atoms with Crippen LogP contribution in [0.25, 0.3) is 0 Å². The molecule has 0 N–H and O–H groups in total. The van der Waals surface area contributed by atoms with Crippen molar-refractivity contribution in [2.24, 2.45) is 5.92 Å². The van der Waals surface area contributed by atoms with Crippen molar-refractivity contribution in [3.8, 4) is 0 Å². The van der Waals surface area contributed by atoms with Crippen LogP contribution in [-0.4, -0.2) is 24.8 Å². The molecular formula is C13H27NO. The molecule has 0 amide bonds. The Kier molecular flexibility index (Phi) is 7.03. The van der Waals surface area contributed by atoms with Crippen LogP contribution in [-0.2, 0) is 4.84 Å². The highest BCUT2D eigenvalue weighted by Crippen LogP contribution is 2.17. The van der Waals surface area contributed by atoms with Gasteiger partial charge in [0.25, 0.3) is 0 Å². The smallest absolute Gasteiger partial charge is 0.0698 e. The van der Waals surface area contributed by atoms with Crippen LogP contribution in [0.1, 0.15) is 58.8 Å². The van der Waals surface area contributed by atoms with E-state index in [-0.39, 0.29) is 0 Å². The first kappa shape index (κ1) is 13.0. The lowest BCUT2D eigenvalue weighted by atomic mass is 9.98.